The second kappa shape index (κ2) is 8.56. The third-order valence-corrected chi connectivity index (χ3v) is 4.66. The van der Waals surface area contributed by atoms with Crippen molar-refractivity contribution in [2.45, 2.75) is 26.3 Å². The number of amides is 2. The molecule has 2 aromatic heterocycles. The maximum absolute atomic E-state index is 12.8. The van der Waals surface area contributed by atoms with Gasteiger partial charge in [0, 0.05) is 45.8 Å². The van der Waals surface area contributed by atoms with Crippen LogP contribution in [0.5, 0.6) is 0 Å². The van der Waals surface area contributed by atoms with Crippen LogP contribution in [-0.2, 0) is 11.3 Å². The second-order valence-electron chi connectivity index (χ2n) is 6.38. The van der Waals surface area contributed by atoms with Crippen LogP contribution in [0.4, 0.5) is 5.82 Å². The summed E-state index contributed by atoms with van der Waals surface area (Å²) in [5, 5.41) is 14.2. The first-order chi connectivity index (χ1) is 13.1. The van der Waals surface area contributed by atoms with Gasteiger partial charge >= 0.3 is 0 Å². The molecule has 3 rings (SSSR count). The van der Waals surface area contributed by atoms with Crippen molar-refractivity contribution in [2.24, 2.45) is 0 Å². The maximum Gasteiger partial charge on any atom is 0.257 e. The molecule has 0 spiro atoms. The number of aryl methyl sites for hydroxylation is 2. The zero-order valence-corrected chi connectivity index (χ0v) is 15.6. The number of hydrogen-bond acceptors (Lipinski definition) is 7. The Hall–Kier alpha value is -3.04. The minimum atomic E-state index is -0.0638. The number of carbonyl (C=O) groups is 2. The highest BCUT2D eigenvalue weighted by molar-refractivity contribution is 5.98. The molecule has 0 aromatic carbocycles. The van der Waals surface area contributed by atoms with E-state index in [-0.39, 0.29) is 11.8 Å². The molecule has 0 radical (unpaired) electrons. The Bertz CT molecular complexity index is 806. The van der Waals surface area contributed by atoms with Gasteiger partial charge in [-0.2, -0.15) is 0 Å². The van der Waals surface area contributed by atoms with Crippen LogP contribution in [0.2, 0.25) is 0 Å². The smallest absolute Gasteiger partial charge is 0.257 e. The zero-order valence-electron chi connectivity index (χ0n) is 15.6. The first kappa shape index (κ1) is 18.7. The maximum atomic E-state index is 12.8. The molecule has 1 aliphatic rings. The van der Waals surface area contributed by atoms with Crippen molar-refractivity contribution >= 4 is 17.6 Å². The van der Waals surface area contributed by atoms with E-state index in [1.807, 2.05) is 4.90 Å². The van der Waals surface area contributed by atoms with E-state index < -0.39 is 0 Å². The number of carbonyl (C=O) groups excluding carboxylic acids is 2. The number of pyridine rings is 1. The van der Waals surface area contributed by atoms with E-state index in [4.69, 9.17) is 0 Å². The van der Waals surface area contributed by atoms with Gasteiger partial charge in [0.05, 0.1) is 12.1 Å². The zero-order chi connectivity index (χ0) is 19.2. The lowest BCUT2D eigenvalue weighted by atomic mass is 10.2. The molecule has 144 valence electrons. The molecule has 27 heavy (non-hydrogen) atoms. The predicted octanol–water partition coefficient (Wildman–Crippen LogP) is 0.183. The highest BCUT2D eigenvalue weighted by Gasteiger charge is 2.24. The van der Waals surface area contributed by atoms with E-state index >= 15 is 0 Å². The molecule has 10 nitrogen and oxygen atoms in total. The Balaban J connectivity index is 1.57. The van der Waals surface area contributed by atoms with Crippen LogP contribution in [0.3, 0.4) is 0 Å². The molecule has 2 aromatic rings. The van der Waals surface area contributed by atoms with Crippen molar-refractivity contribution in [1.82, 2.24) is 35.0 Å². The van der Waals surface area contributed by atoms with E-state index in [1.54, 1.807) is 41.9 Å². The predicted molar refractivity (Wildman–Crippen MR) is 98.1 cm³/mol. The summed E-state index contributed by atoms with van der Waals surface area (Å²) in [6, 6.07) is 3.52. The number of rotatable bonds is 5. The highest BCUT2D eigenvalue weighted by atomic mass is 16.2. The van der Waals surface area contributed by atoms with Crippen LogP contribution in [0.1, 0.15) is 29.0 Å². The van der Waals surface area contributed by atoms with Crippen LogP contribution < -0.4 is 5.32 Å². The van der Waals surface area contributed by atoms with Crippen molar-refractivity contribution < 1.29 is 9.59 Å². The van der Waals surface area contributed by atoms with Gasteiger partial charge in [-0.25, -0.2) is 9.67 Å². The van der Waals surface area contributed by atoms with Gasteiger partial charge in [-0.3, -0.25) is 9.59 Å². The molecule has 1 saturated heterocycles. The minimum absolute atomic E-state index is 0.0523. The Kier molecular flexibility index (Phi) is 5.94. The average molecular weight is 372 g/mol. The lowest BCUT2D eigenvalue weighted by Crippen LogP contribution is -2.37. The summed E-state index contributed by atoms with van der Waals surface area (Å²) in [6.45, 7) is 4.55. The molecule has 0 saturated carbocycles. The fourth-order valence-corrected chi connectivity index (χ4v) is 3.13. The van der Waals surface area contributed by atoms with Gasteiger partial charge in [-0.1, -0.05) is 0 Å². The number of nitrogens with zero attached hydrogens (tertiary/aromatic N) is 7. The monoisotopic (exact) mass is 372 g/mol. The molecule has 3 heterocycles. The van der Waals surface area contributed by atoms with Gasteiger partial charge < -0.3 is 15.1 Å². The lowest BCUT2D eigenvalue weighted by molar-refractivity contribution is -0.131. The molecule has 0 aliphatic carbocycles. The van der Waals surface area contributed by atoms with Crippen molar-refractivity contribution in [2.75, 3.05) is 38.5 Å². The number of aromatic nitrogens is 5. The second-order valence-corrected chi connectivity index (χ2v) is 6.38. The SMILES string of the molecule is CNc1ncccc1C(=O)N1CCCN(C(=O)CCn2nnnc2C)CC1. The third-order valence-electron chi connectivity index (χ3n) is 4.66. The third kappa shape index (κ3) is 4.39. The van der Waals surface area contributed by atoms with Crippen molar-refractivity contribution in [3.05, 3.63) is 29.7 Å². The molecule has 0 unspecified atom stereocenters. The number of hydrogen-bond donors (Lipinski definition) is 1. The van der Waals surface area contributed by atoms with Crippen molar-refractivity contribution in [3.8, 4) is 0 Å². The van der Waals surface area contributed by atoms with E-state index in [2.05, 4.69) is 25.8 Å². The fourth-order valence-electron chi connectivity index (χ4n) is 3.13. The summed E-state index contributed by atoms with van der Waals surface area (Å²) >= 11 is 0. The van der Waals surface area contributed by atoms with Crippen LogP contribution in [0.15, 0.2) is 18.3 Å². The van der Waals surface area contributed by atoms with Gasteiger partial charge in [-0.05, 0) is 35.9 Å². The van der Waals surface area contributed by atoms with E-state index in [0.717, 1.165) is 6.42 Å². The summed E-state index contributed by atoms with van der Waals surface area (Å²) in [5.41, 5.74) is 0.550. The summed E-state index contributed by atoms with van der Waals surface area (Å²) in [6.07, 6.45) is 2.74. The Morgan fingerprint density at radius 1 is 1.19 bits per heavy atom. The molecule has 0 bridgehead atoms. The highest BCUT2D eigenvalue weighted by Crippen LogP contribution is 2.15. The summed E-state index contributed by atoms with van der Waals surface area (Å²) in [7, 11) is 1.74. The van der Waals surface area contributed by atoms with E-state index in [1.165, 1.54) is 0 Å². The van der Waals surface area contributed by atoms with Crippen molar-refractivity contribution in [1.29, 1.82) is 0 Å². The summed E-state index contributed by atoms with van der Waals surface area (Å²) < 4.78 is 1.62. The lowest BCUT2D eigenvalue weighted by Gasteiger charge is -2.23. The molecule has 1 aliphatic heterocycles. The Labute approximate surface area is 157 Å². The number of nitrogens with one attached hydrogen (secondary N) is 1. The molecular formula is C17H24N8O2. The van der Waals surface area contributed by atoms with Crippen molar-refractivity contribution in [3.63, 3.8) is 0 Å². The van der Waals surface area contributed by atoms with Crippen LogP contribution in [0, 0.1) is 6.92 Å². The van der Waals surface area contributed by atoms with Gasteiger partial charge in [-0.15, -0.1) is 5.10 Å². The largest absolute Gasteiger partial charge is 0.372 e. The quantitative estimate of drug-likeness (QED) is 0.797. The average Bonchev–Trinajstić information content (AvgIpc) is 2.95. The Morgan fingerprint density at radius 3 is 2.70 bits per heavy atom. The van der Waals surface area contributed by atoms with E-state index in [9.17, 15) is 9.59 Å². The first-order valence-corrected chi connectivity index (χ1v) is 9.02. The standard InChI is InChI=1S/C17H24N8O2/c1-13-20-21-22-25(13)10-6-15(26)23-8-4-9-24(12-11-23)17(27)14-5-3-7-19-16(14)18-2/h3,5,7H,4,6,8-12H2,1-2H3,(H,18,19). The molecule has 2 amide bonds. The van der Waals surface area contributed by atoms with Gasteiger partial charge in [0.25, 0.3) is 5.91 Å². The first-order valence-electron chi connectivity index (χ1n) is 9.02. The molecule has 10 heteroatoms. The van der Waals surface area contributed by atoms with Crippen LogP contribution in [0.25, 0.3) is 0 Å². The topological polar surface area (TPSA) is 109 Å². The molecule has 0 atom stereocenters. The normalized spacial score (nSPS) is 14.7. The fraction of sp³-hybridized carbons (Fsp3) is 0.529. The number of anilines is 1. The summed E-state index contributed by atoms with van der Waals surface area (Å²) in [5.74, 6) is 1.24. The van der Waals surface area contributed by atoms with Crippen LogP contribution in [-0.4, -0.2) is 80.0 Å². The molecular weight excluding hydrogens is 348 g/mol. The summed E-state index contributed by atoms with van der Waals surface area (Å²) in [4.78, 5) is 33.2. The van der Waals surface area contributed by atoms with Gasteiger partial charge in [0.1, 0.15) is 11.6 Å². The van der Waals surface area contributed by atoms with Gasteiger partial charge in [0.15, 0.2) is 0 Å². The molecule has 1 fully saturated rings. The van der Waals surface area contributed by atoms with Gasteiger partial charge in [0.2, 0.25) is 5.91 Å². The minimum Gasteiger partial charge on any atom is -0.372 e. The Morgan fingerprint density at radius 2 is 1.96 bits per heavy atom. The molecule has 1 N–H and O–H groups in total. The van der Waals surface area contributed by atoms with E-state index in [0.29, 0.717) is 56.4 Å². The number of tetrazole rings is 1. The van der Waals surface area contributed by atoms with Crippen LogP contribution >= 0.6 is 0 Å².